The van der Waals surface area contributed by atoms with Crippen molar-refractivity contribution in [3.8, 4) is 17.2 Å². The number of amides is 1. The largest absolute Gasteiger partial charge is 0.494 e. The van der Waals surface area contributed by atoms with Crippen molar-refractivity contribution >= 4 is 26.5 Å². The average molecular weight is 619 g/mol. The number of hydroxylamine groups is 2. The predicted molar refractivity (Wildman–Crippen MR) is 144 cm³/mol. The van der Waals surface area contributed by atoms with E-state index in [1.807, 2.05) is 13.8 Å². The Labute approximate surface area is 239 Å². The summed E-state index contributed by atoms with van der Waals surface area (Å²) in [4.78, 5) is 11.6. The van der Waals surface area contributed by atoms with Crippen LogP contribution in [-0.2, 0) is 31.0 Å². The number of carboxylic acid groups (broad SMARTS) is 1. The monoisotopic (exact) mass is 618 g/mol. The number of sulfonamides is 1. The first-order valence-electron chi connectivity index (χ1n) is 12.7. The summed E-state index contributed by atoms with van der Waals surface area (Å²) in [6, 6.07) is 9.95. The quantitative estimate of drug-likeness (QED) is 0.108. The van der Waals surface area contributed by atoms with Crippen molar-refractivity contribution in [1.29, 1.82) is 0 Å². The van der Waals surface area contributed by atoms with E-state index in [1.54, 1.807) is 24.3 Å². The molecule has 0 radical (unpaired) electrons. The summed E-state index contributed by atoms with van der Waals surface area (Å²) in [5.74, 6) is 1.18. The minimum Gasteiger partial charge on any atom is -0.494 e. The molecule has 0 bridgehead atoms. The summed E-state index contributed by atoms with van der Waals surface area (Å²) >= 11 is 0. The van der Waals surface area contributed by atoms with Crippen LogP contribution in [0, 0.1) is 5.92 Å². The van der Waals surface area contributed by atoms with E-state index in [2.05, 4.69) is 4.18 Å². The smallest absolute Gasteiger partial charge is 0.431 e. The van der Waals surface area contributed by atoms with Gasteiger partial charge in [-0.1, -0.05) is 26.0 Å². The van der Waals surface area contributed by atoms with Gasteiger partial charge in [-0.05, 0) is 48.6 Å². The Kier molecular flexibility index (Phi) is 11.2. The van der Waals surface area contributed by atoms with Gasteiger partial charge in [0.25, 0.3) is 0 Å². The zero-order valence-electron chi connectivity index (χ0n) is 22.6. The number of benzene rings is 2. The van der Waals surface area contributed by atoms with E-state index >= 15 is 0 Å². The average Bonchev–Trinajstić information content (AvgIpc) is 3.37. The van der Waals surface area contributed by atoms with Gasteiger partial charge in [-0.2, -0.15) is 17.8 Å². The van der Waals surface area contributed by atoms with Crippen molar-refractivity contribution in [2.45, 2.75) is 44.0 Å². The molecule has 1 aliphatic rings. The Morgan fingerprint density at radius 2 is 1.71 bits per heavy atom. The maximum atomic E-state index is 13.5. The molecule has 1 aliphatic heterocycles. The summed E-state index contributed by atoms with van der Waals surface area (Å²) < 4.78 is 78.3. The zero-order valence-corrected chi connectivity index (χ0v) is 24.2. The van der Waals surface area contributed by atoms with Crippen LogP contribution in [0.15, 0.2) is 47.4 Å². The molecule has 228 valence electrons. The van der Waals surface area contributed by atoms with E-state index in [0.29, 0.717) is 22.8 Å². The molecule has 0 fully saturated rings. The number of ether oxygens (including phenoxy) is 3. The molecule has 0 aliphatic carbocycles. The number of rotatable bonds is 16. The van der Waals surface area contributed by atoms with E-state index in [-0.39, 0.29) is 68.2 Å². The molecule has 1 heterocycles. The third kappa shape index (κ3) is 9.72. The van der Waals surface area contributed by atoms with E-state index in [4.69, 9.17) is 18.8 Å². The summed E-state index contributed by atoms with van der Waals surface area (Å²) in [5.41, 5.74) is 0.659. The highest BCUT2D eigenvalue weighted by Crippen LogP contribution is 2.35. The number of carbonyl (C=O) groups is 1. The number of nitrogens with zero attached hydrogens (tertiary/aromatic N) is 2. The van der Waals surface area contributed by atoms with Gasteiger partial charge in [0.2, 0.25) is 16.8 Å². The standard InChI is InChI=1S/C25H34N2O12S2/c1-18(2)16-26(40(31,32)22-8-9-23-24(15-22)38-17-37-23)11-10-20(27(30)25(28)29)14-19-4-6-21(7-5-19)36-12-3-13-39-41(33,34)35/h4-9,15,18,20,30H,3,10-14,16-17H2,1-2H3,(H,28,29)(H,33,34,35). The fourth-order valence-corrected chi connectivity index (χ4v) is 6.03. The number of hydrogen-bond donors (Lipinski definition) is 3. The highest BCUT2D eigenvalue weighted by atomic mass is 32.3. The third-order valence-corrected chi connectivity index (χ3v) is 8.31. The summed E-state index contributed by atoms with van der Waals surface area (Å²) in [7, 11) is -8.49. The van der Waals surface area contributed by atoms with Gasteiger partial charge in [-0.3, -0.25) is 9.76 Å². The molecule has 2 aromatic carbocycles. The van der Waals surface area contributed by atoms with Crippen molar-refractivity contribution < 1.29 is 54.9 Å². The van der Waals surface area contributed by atoms with Crippen molar-refractivity contribution in [2.75, 3.05) is 33.1 Å². The Hall–Kier alpha value is -3.15. The molecule has 0 saturated carbocycles. The maximum absolute atomic E-state index is 13.5. The Morgan fingerprint density at radius 3 is 2.34 bits per heavy atom. The second-order valence-corrected chi connectivity index (χ2v) is 12.7. The van der Waals surface area contributed by atoms with Crippen LogP contribution in [-0.4, -0.2) is 86.3 Å². The van der Waals surface area contributed by atoms with Gasteiger partial charge in [0.1, 0.15) is 5.75 Å². The zero-order chi connectivity index (χ0) is 30.2. The predicted octanol–water partition coefficient (Wildman–Crippen LogP) is 3.02. The van der Waals surface area contributed by atoms with Crippen LogP contribution in [0.1, 0.15) is 32.3 Å². The van der Waals surface area contributed by atoms with Gasteiger partial charge in [0.15, 0.2) is 11.5 Å². The minimum atomic E-state index is -4.51. The Morgan fingerprint density at radius 1 is 1.02 bits per heavy atom. The molecule has 0 saturated heterocycles. The van der Waals surface area contributed by atoms with E-state index in [0.717, 1.165) is 0 Å². The summed E-state index contributed by atoms with van der Waals surface area (Å²) in [6.45, 7) is 3.70. The molecule has 2 aromatic rings. The molecular weight excluding hydrogens is 584 g/mol. The van der Waals surface area contributed by atoms with Crippen LogP contribution in [0.5, 0.6) is 17.2 Å². The molecule has 1 amide bonds. The first-order valence-corrected chi connectivity index (χ1v) is 15.5. The highest BCUT2D eigenvalue weighted by Gasteiger charge is 2.30. The molecule has 0 aromatic heterocycles. The lowest BCUT2D eigenvalue weighted by atomic mass is 10.0. The second kappa shape index (κ2) is 14.2. The lowest BCUT2D eigenvalue weighted by Gasteiger charge is -2.28. The Bertz CT molecular complexity index is 1380. The van der Waals surface area contributed by atoms with Crippen LogP contribution in [0.2, 0.25) is 0 Å². The normalized spacial score (nSPS) is 13.9. The van der Waals surface area contributed by atoms with Crippen LogP contribution >= 0.6 is 0 Å². The van der Waals surface area contributed by atoms with Crippen LogP contribution in [0.4, 0.5) is 4.79 Å². The lowest BCUT2D eigenvalue weighted by Crippen LogP contribution is -2.42. The van der Waals surface area contributed by atoms with Gasteiger partial charge in [0.05, 0.1) is 24.2 Å². The fourth-order valence-electron chi connectivity index (χ4n) is 4.07. The molecule has 1 unspecified atom stereocenters. The van der Waals surface area contributed by atoms with Crippen molar-refractivity contribution in [3.63, 3.8) is 0 Å². The second-order valence-electron chi connectivity index (χ2n) is 9.64. The summed E-state index contributed by atoms with van der Waals surface area (Å²) in [5, 5.41) is 19.9. The molecule has 3 rings (SSSR count). The van der Waals surface area contributed by atoms with Gasteiger partial charge in [0, 0.05) is 25.6 Å². The fraction of sp³-hybridized carbons (Fsp3) is 0.480. The first kappa shape index (κ1) is 32.4. The van der Waals surface area contributed by atoms with E-state index in [9.17, 15) is 31.9 Å². The summed E-state index contributed by atoms with van der Waals surface area (Å²) in [6.07, 6.45) is -1.28. The third-order valence-electron chi connectivity index (χ3n) is 5.99. The van der Waals surface area contributed by atoms with Crippen LogP contribution in [0.3, 0.4) is 0 Å². The molecular formula is C25H34N2O12S2. The molecule has 41 heavy (non-hydrogen) atoms. The van der Waals surface area contributed by atoms with Crippen LogP contribution < -0.4 is 14.2 Å². The van der Waals surface area contributed by atoms with E-state index in [1.165, 1.54) is 22.5 Å². The molecule has 14 nitrogen and oxygen atoms in total. The van der Waals surface area contributed by atoms with Crippen molar-refractivity contribution in [1.82, 2.24) is 9.37 Å². The molecule has 3 N–H and O–H groups in total. The number of hydrogen-bond acceptors (Lipinski definition) is 10. The van der Waals surface area contributed by atoms with Gasteiger partial charge in [-0.15, -0.1) is 0 Å². The number of fused-ring (bicyclic) bond motifs is 1. The minimum absolute atomic E-state index is 0.00311. The lowest BCUT2D eigenvalue weighted by molar-refractivity contribution is -0.0984. The maximum Gasteiger partial charge on any atom is 0.431 e. The molecule has 1 atom stereocenters. The highest BCUT2D eigenvalue weighted by molar-refractivity contribution is 7.89. The van der Waals surface area contributed by atoms with E-state index < -0.39 is 32.6 Å². The van der Waals surface area contributed by atoms with Crippen molar-refractivity contribution in [3.05, 3.63) is 48.0 Å². The molecule has 0 spiro atoms. The van der Waals surface area contributed by atoms with Crippen LogP contribution in [0.25, 0.3) is 0 Å². The van der Waals surface area contributed by atoms with Gasteiger partial charge >= 0.3 is 16.5 Å². The Balaban J connectivity index is 1.67. The molecule has 16 heteroatoms. The topological polar surface area (TPSA) is 189 Å². The van der Waals surface area contributed by atoms with Crippen molar-refractivity contribution in [2.24, 2.45) is 5.92 Å². The first-order chi connectivity index (χ1) is 19.3. The van der Waals surface area contributed by atoms with Gasteiger partial charge < -0.3 is 19.3 Å². The SMILES string of the molecule is CC(C)CN(CCC(Cc1ccc(OCCCOS(=O)(=O)O)cc1)N(O)C(=O)O)S(=O)(=O)c1ccc2c(c1)OCO2. The van der Waals surface area contributed by atoms with Gasteiger partial charge in [-0.25, -0.2) is 17.4 Å².